The van der Waals surface area contributed by atoms with Gasteiger partial charge in [-0.2, -0.15) is 9.97 Å². The third-order valence-corrected chi connectivity index (χ3v) is 5.68. The number of hydrogen-bond donors (Lipinski definition) is 2. The molecule has 3 aromatic rings. The third-order valence-electron chi connectivity index (χ3n) is 4.33. The van der Waals surface area contributed by atoms with Crippen LogP contribution in [0.4, 0.5) is 10.5 Å². The molecule has 0 saturated carbocycles. The number of hydrogen-bond acceptors (Lipinski definition) is 8. The number of cyclic esters (lactones) is 1. The van der Waals surface area contributed by atoms with E-state index in [2.05, 4.69) is 9.97 Å². The van der Waals surface area contributed by atoms with Gasteiger partial charge in [-0.1, -0.05) is 23.7 Å². The zero-order valence-corrected chi connectivity index (χ0v) is 16.6. The maximum atomic E-state index is 11.7. The minimum absolute atomic E-state index is 0.0947. The van der Waals surface area contributed by atoms with Gasteiger partial charge in [0.05, 0.1) is 29.9 Å². The Kier molecular flexibility index (Phi) is 5.12. The lowest BCUT2D eigenvalue weighted by Crippen LogP contribution is -2.29. The maximum Gasteiger partial charge on any atom is 0.410 e. The first-order valence-corrected chi connectivity index (χ1v) is 9.83. The topological polar surface area (TPSA) is 134 Å². The van der Waals surface area contributed by atoms with Gasteiger partial charge in [-0.25, -0.2) is 4.79 Å². The molecular weight excluding hydrogens is 418 g/mol. The van der Waals surface area contributed by atoms with Gasteiger partial charge in [0.15, 0.2) is 0 Å². The Morgan fingerprint density at radius 2 is 2.21 bits per heavy atom. The summed E-state index contributed by atoms with van der Waals surface area (Å²) in [5, 5.41) is 1.04. The molecule has 11 heteroatoms. The highest BCUT2D eigenvalue weighted by Gasteiger charge is 2.23. The molecule has 0 aliphatic carbocycles. The number of rotatable bonds is 6. The van der Waals surface area contributed by atoms with E-state index in [4.69, 9.17) is 32.5 Å². The van der Waals surface area contributed by atoms with Gasteiger partial charge >= 0.3 is 12.1 Å². The number of anilines is 1. The van der Waals surface area contributed by atoms with E-state index < -0.39 is 5.91 Å². The summed E-state index contributed by atoms with van der Waals surface area (Å²) in [7, 11) is 0. The molecule has 0 radical (unpaired) electrons. The number of fused-ring (bicyclic) bond motifs is 1. The quantitative estimate of drug-likeness (QED) is 0.609. The van der Waals surface area contributed by atoms with E-state index in [0.29, 0.717) is 46.2 Å². The van der Waals surface area contributed by atoms with Gasteiger partial charge in [-0.15, -0.1) is 11.3 Å². The summed E-state index contributed by atoms with van der Waals surface area (Å²) in [6.45, 7) is 1.40. The van der Waals surface area contributed by atoms with Crippen LogP contribution in [0.1, 0.15) is 9.67 Å². The lowest BCUT2D eigenvalue weighted by atomic mass is 10.1. The standard InChI is InChI=1S/C18H16ClN5O4S/c19-10-3-1-2-9(8-10)13-11-12(20)14(15(21)25)29-16(11)23-17(22-13)27-6-4-24-5-7-28-18(24)26/h1-3,8H,4-7,20H2,(H2,21,25). The molecule has 2 amide bonds. The number of ether oxygens (including phenoxy) is 2. The minimum Gasteiger partial charge on any atom is -0.462 e. The highest BCUT2D eigenvalue weighted by Crippen LogP contribution is 2.39. The fourth-order valence-corrected chi connectivity index (χ4v) is 4.10. The molecule has 1 aromatic carbocycles. The normalized spacial score (nSPS) is 13.7. The Morgan fingerprint density at radius 3 is 2.90 bits per heavy atom. The molecule has 4 rings (SSSR count). The van der Waals surface area contributed by atoms with Crippen LogP contribution < -0.4 is 16.2 Å². The van der Waals surface area contributed by atoms with Crippen LogP contribution in [0.2, 0.25) is 5.02 Å². The van der Waals surface area contributed by atoms with Crippen molar-refractivity contribution < 1.29 is 19.1 Å². The first kappa shape index (κ1) is 19.2. The summed E-state index contributed by atoms with van der Waals surface area (Å²) in [6, 6.07) is 7.16. The number of aromatic nitrogens is 2. The van der Waals surface area contributed by atoms with E-state index in [1.165, 1.54) is 4.90 Å². The van der Waals surface area contributed by atoms with Crippen molar-refractivity contribution in [3.8, 4) is 17.3 Å². The van der Waals surface area contributed by atoms with Crippen LogP contribution in [-0.2, 0) is 4.74 Å². The second-order valence-corrected chi connectivity index (χ2v) is 7.64. The number of benzene rings is 1. The molecule has 0 spiro atoms. The number of thiophene rings is 1. The van der Waals surface area contributed by atoms with Crippen molar-refractivity contribution >= 4 is 50.8 Å². The summed E-state index contributed by atoms with van der Waals surface area (Å²) >= 11 is 7.19. The average molecular weight is 434 g/mol. The lowest BCUT2D eigenvalue weighted by Gasteiger charge is -2.13. The first-order chi connectivity index (χ1) is 13.9. The van der Waals surface area contributed by atoms with Crippen LogP contribution in [0.5, 0.6) is 6.01 Å². The van der Waals surface area contributed by atoms with Gasteiger partial charge in [0.1, 0.15) is 22.9 Å². The zero-order valence-electron chi connectivity index (χ0n) is 15.1. The Bertz CT molecular complexity index is 1120. The molecule has 1 aliphatic heterocycles. The van der Waals surface area contributed by atoms with Crippen LogP contribution in [0.25, 0.3) is 21.5 Å². The number of carbonyl (C=O) groups excluding carboxylic acids is 2. The lowest BCUT2D eigenvalue weighted by molar-refractivity contribution is 0.100. The molecule has 3 heterocycles. The van der Waals surface area contributed by atoms with Gasteiger partial charge in [0, 0.05) is 10.6 Å². The largest absolute Gasteiger partial charge is 0.462 e. The van der Waals surface area contributed by atoms with Crippen LogP contribution in [-0.4, -0.2) is 53.2 Å². The van der Waals surface area contributed by atoms with E-state index in [-0.39, 0.29) is 29.3 Å². The number of primary amides is 1. The van der Waals surface area contributed by atoms with Crippen molar-refractivity contribution in [1.82, 2.24) is 14.9 Å². The number of nitrogens with two attached hydrogens (primary N) is 2. The predicted molar refractivity (Wildman–Crippen MR) is 109 cm³/mol. The van der Waals surface area contributed by atoms with Crippen molar-refractivity contribution in [3.63, 3.8) is 0 Å². The predicted octanol–water partition coefficient (Wildman–Crippen LogP) is 2.52. The fraction of sp³-hybridized carbons (Fsp3) is 0.222. The first-order valence-electron chi connectivity index (χ1n) is 8.64. The smallest absolute Gasteiger partial charge is 0.410 e. The molecule has 150 valence electrons. The van der Waals surface area contributed by atoms with Crippen LogP contribution >= 0.6 is 22.9 Å². The highest BCUT2D eigenvalue weighted by molar-refractivity contribution is 7.21. The van der Waals surface area contributed by atoms with E-state index in [9.17, 15) is 9.59 Å². The molecule has 0 unspecified atom stereocenters. The summed E-state index contributed by atoms with van der Waals surface area (Å²) in [6.07, 6.45) is -0.373. The Hall–Kier alpha value is -3.11. The fourth-order valence-electron chi connectivity index (χ4n) is 2.97. The zero-order chi connectivity index (χ0) is 20.5. The molecule has 0 atom stereocenters. The molecular formula is C18H16ClN5O4S. The van der Waals surface area contributed by atoms with E-state index >= 15 is 0 Å². The number of carbonyl (C=O) groups is 2. The highest BCUT2D eigenvalue weighted by atomic mass is 35.5. The summed E-state index contributed by atoms with van der Waals surface area (Å²) in [5.41, 5.74) is 13.0. The number of halogens is 1. The SMILES string of the molecule is NC(=O)c1sc2nc(OCCN3CCOC3=O)nc(-c3cccc(Cl)c3)c2c1N. The molecule has 29 heavy (non-hydrogen) atoms. The molecule has 2 aromatic heterocycles. The monoisotopic (exact) mass is 433 g/mol. The van der Waals surface area contributed by atoms with Crippen LogP contribution in [0, 0.1) is 0 Å². The van der Waals surface area contributed by atoms with Gasteiger partial charge in [0.2, 0.25) is 0 Å². The average Bonchev–Trinajstić information content (AvgIpc) is 3.24. The Labute approximate surface area is 174 Å². The van der Waals surface area contributed by atoms with E-state index in [1.54, 1.807) is 18.2 Å². The second kappa shape index (κ2) is 7.72. The molecule has 1 aliphatic rings. The van der Waals surface area contributed by atoms with Crippen molar-refractivity contribution in [1.29, 1.82) is 0 Å². The van der Waals surface area contributed by atoms with Crippen molar-refractivity contribution in [2.24, 2.45) is 5.73 Å². The van der Waals surface area contributed by atoms with Gasteiger partial charge < -0.3 is 25.8 Å². The van der Waals surface area contributed by atoms with Crippen LogP contribution in [0.3, 0.4) is 0 Å². The van der Waals surface area contributed by atoms with E-state index in [0.717, 1.165) is 11.3 Å². The van der Waals surface area contributed by atoms with E-state index in [1.807, 2.05) is 6.07 Å². The molecule has 4 N–H and O–H groups in total. The molecule has 0 bridgehead atoms. The molecule has 1 saturated heterocycles. The maximum absolute atomic E-state index is 11.7. The second-order valence-electron chi connectivity index (χ2n) is 6.20. The van der Waals surface area contributed by atoms with Crippen LogP contribution in [0.15, 0.2) is 24.3 Å². The van der Waals surface area contributed by atoms with Gasteiger partial charge in [-0.05, 0) is 12.1 Å². The minimum atomic E-state index is -0.641. The van der Waals surface area contributed by atoms with Crippen molar-refractivity contribution in [2.45, 2.75) is 0 Å². The molecule has 1 fully saturated rings. The van der Waals surface area contributed by atoms with Gasteiger partial charge in [-0.3, -0.25) is 4.79 Å². The van der Waals surface area contributed by atoms with Crippen molar-refractivity contribution in [2.75, 3.05) is 32.0 Å². The third kappa shape index (κ3) is 3.76. The van der Waals surface area contributed by atoms with Crippen molar-refractivity contribution in [3.05, 3.63) is 34.2 Å². The number of amides is 2. The number of nitrogens with zero attached hydrogens (tertiary/aromatic N) is 3. The summed E-state index contributed by atoms with van der Waals surface area (Å²) in [4.78, 5) is 34.3. The van der Waals surface area contributed by atoms with Gasteiger partial charge in [0.25, 0.3) is 5.91 Å². The summed E-state index contributed by atoms with van der Waals surface area (Å²) in [5.74, 6) is -0.641. The Balaban J connectivity index is 1.72. The Morgan fingerprint density at radius 1 is 1.38 bits per heavy atom. The summed E-state index contributed by atoms with van der Waals surface area (Å²) < 4.78 is 10.6. The number of nitrogen functional groups attached to an aromatic ring is 1. The molecule has 9 nitrogen and oxygen atoms in total.